The van der Waals surface area contributed by atoms with Gasteiger partial charge in [0.2, 0.25) is 10.0 Å². The molecule has 0 saturated carbocycles. The predicted octanol–water partition coefficient (Wildman–Crippen LogP) is 1.10. The fourth-order valence-electron chi connectivity index (χ4n) is 0.448. The average Bonchev–Trinajstić information content (AvgIpc) is 1.88. The van der Waals surface area contributed by atoms with Crippen LogP contribution in [-0.4, -0.2) is 25.5 Å². The number of halogens is 1. The molecule has 11 heavy (non-hydrogen) atoms. The molecule has 0 heterocycles. The lowest BCUT2D eigenvalue weighted by molar-refractivity contribution is 0.572. The third-order valence-electron chi connectivity index (χ3n) is 1.23. The van der Waals surface area contributed by atoms with Crippen LogP contribution in [0.25, 0.3) is 0 Å². The first kappa shape index (κ1) is 11.4. The highest BCUT2D eigenvalue weighted by Crippen LogP contribution is 1.96. The highest BCUT2D eigenvalue weighted by Gasteiger charge is 2.13. The normalized spacial score (nSPS) is 12.4. The minimum absolute atomic E-state index is 0.335. The molecule has 0 rings (SSSR count). The van der Waals surface area contributed by atoms with E-state index in [1.54, 1.807) is 13.8 Å². The Balaban J connectivity index is 3.75. The third kappa shape index (κ3) is 4.76. The zero-order valence-electron chi connectivity index (χ0n) is 6.80. The molecule has 0 bridgehead atoms. The molecule has 0 aliphatic carbocycles. The van der Waals surface area contributed by atoms with Gasteiger partial charge < -0.3 is 0 Å². The maximum Gasteiger partial charge on any atom is 0.213 e. The van der Waals surface area contributed by atoms with Gasteiger partial charge in [-0.1, -0.05) is 15.9 Å². The zero-order valence-corrected chi connectivity index (χ0v) is 9.20. The Labute approximate surface area is 76.7 Å². The van der Waals surface area contributed by atoms with Crippen LogP contribution in [0, 0.1) is 0 Å². The fraction of sp³-hybridized carbons (Fsp3) is 1.00. The van der Waals surface area contributed by atoms with Crippen molar-refractivity contribution in [3.05, 3.63) is 0 Å². The van der Waals surface area contributed by atoms with Gasteiger partial charge in [0, 0.05) is 11.9 Å². The molecule has 5 heteroatoms. The van der Waals surface area contributed by atoms with Crippen LogP contribution in [0.5, 0.6) is 0 Å². The van der Waals surface area contributed by atoms with E-state index in [-0.39, 0.29) is 5.25 Å². The molecule has 0 aromatic rings. The van der Waals surface area contributed by atoms with Gasteiger partial charge in [-0.15, -0.1) is 0 Å². The minimum Gasteiger partial charge on any atom is -0.215 e. The standard InChI is InChI=1S/C6H14BrNO2S/c1-6(2)11(9,10)8-5-3-4-7/h6,8H,3-5H2,1-2H3. The van der Waals surface area contributed by atoms with Gasteiger partial charge in [-0.25, -0.2) is 13.1 Å². The van der Waals surface area contributed by atoms with Crippen molar-refractivity contribution in [3.63, 3.8) is 0 Å². The Hall–Kier alpha value is 0.390. The van der Waals surface area contributed by atoms with Crippen LogP contribution in [0.2, 0.25) is 0 Å². The number of alkyl halides is 1. The molecule has 0 aromatic carbocycles. The van der Waals surface area contributed by atoms with E-state index in [0.717, 1.165) is 11.8 Å². The van der Waals surface area contributed by atoms with E-state index in [1.807, 2.05) is 0 Å². The second-order valence-electron chi connectivity index (χ2n) is 2.53. The maximum atomic E-state index is 11.1. The maximum absolute atomic E-state index is 11.1. The molecular formula is C6H14BrNO2S. The first-order valence-electron chi connectivity index (χ1n) is 3.55. The number of rotatable bonds is 5. The van der Waals surface area contributed by atoms with Gasteiger partial charge in [0.15, 0.2) is 0 Å². The van der Waals surface area contributed by atoms with Crippen molar-refractivity contribution in [1.82, 2.24) is 4.72 Å². The summed E-state index contributed by atoms with van der Waals surface area (Å²) in [6, 6.07) is 0. The summed E-state index contributed by atoms with van der Waals surface area (Å²) >= 11 is 3.22. The third-order valence-corrected chi connectivity index (χ3v) is 3.64. The highest BCUT2D eigenvalue weighted by atomic mass is 79.9. The summed E-state index contributed by atoms with van der Waals surface area (Å²) in [4.78, 5) is 0. The number of nitrogens with one attached hydrogen (secondary N) is 1. The molecule has 0 atom stereocenters. The largest absolute Gasteiger partial charge is 0.215 e. The van der Waals surface area contributed by atoms with E-state index in [0.29, 0.717) is 6.54 Å². The van der Waals surface area contributed by atoms with Crippen LogP contribution in [0.1, 0.15) is 20.3 Å². The average molecular weight is 244 g/mol. The molecule has 0 amide bonds. The van der Waals surface area contributed by atoms with Crippen molar-refractivity contribution in [3.8, 4) is 0 Å². The molecule has 0 aromatic heterocycles. The lowest BCUT2D eigenvalue weighted by atomic mass is 10.5. The number of sulfonamides is 1. The molecule has 0 aliphatic heterocycles. The quantitative estimate of drug-likeness (QED) is 0.581. The van der Waals surface area contributed by atoms with Crippen LogP contribution in [-0.2, 0) is 10.0 Å². The Morgan fingerprint density at radius 2 is 2.00 bits per heavy atom. The minimum atomic E-state index is -3.04. The van der Waals surface area contributed by atoms with Gasteiger partial charge in [0.1, 0.15) is 0 Å². The van der Waals surface area contributed by atoms with Crippen LogP contribution in [0.4, 0.5) is 0 Å². The van der Waals surface area contributed by atoms with E-state index < -0.39 is 10.0 Å². The summed E-state index contributed by atoms with van der Waals surface area (Å²) < 4.78 is 24.7. The van der Waals surface area contributed by atoms with Crippen LogP contribution >= 0.6 is 15.9 Å². The second kappa shape index (κ2) is 5.11. The van der Waals surface area contributed by atoms with E-state index in [2.05, 4.69) is 20.7 Å². The second-order valence-corrected chi connectivity index (χ2v) is 5.65. The molecule has 0 radical (unpaired) electrons. The summed E-state index contributed by atoms with van der Waals surface area (Å²) in [5.41, 5.74) is 0. The van der Waals surface area contributed by atoms with Gasteiger partial charge >= 0.3 is 0 Å². The summed E-state index contributed by atoms with van der Waals surface area (Å²) in [6.07, 6.45) is 0.825. The predicted molar refractivity (Wildman–Crippen MR) is 50.5 cm³/mol. The monoisotopic (exact) mass is 243 g/mol. The van der Waals surface area contributed by atoms with E-state index >= 15 is 0 Å². The summed E-state index contributed by atoms with van der Waals surface area (Å²) in [5.74, 6) is 0. The van der Waals surface area contributed by atoms with Crippen molar-refractivity contribution in [2.24, 2.45) is 0 Å². The van der Waals surface area contributed by atoms with Crippen molar-refractivity contribution in [1.29, 1.82) is 0 Å². The zero-order chi connectivity index (χ0) is 8.91. The lowest BCUT2D eigenvalue weighted by Gasteiger charge is -2.07. The lowest BCUT2D eigenvalue weighted by Crippen LogP contribution is -2.31. The van der Waals surface area contributed by atoms with Crippen molar-refractivity contribution >= 4 is 26.0 Å². The Bertz CT molecular complexity index is 189. The summed E-state index contributed by atoms with van der Waals surface area (Å²) in [7, 11) is -3.04. The van der Waals surface area contributed by atoms with E-state index in [4.69, 9.17) is 0 Å². The Morgan fingerprint density at radius 3 is 2.36 bits per heavy atom. The molecule has 0 saturated heterocycles. The van der Waals surface area contributed by atoms with Crippen LogP contribution < -0.4 is 4.72 Å². The molecule has 0 fully saturated rings. The van der Waals surface area contributed by atoms with E-state index in [1.165, 1.54) is 0 Å². The van der Waals surface area contributed by atoms with Gasteiger partial charge in [-0.05, 0) is 20.3 Å². The number of hydrogen-bond acceptors (Lipinski definition) is 2. The molecule has 0 aliphatic rings. The topological polar surface area (TPSA) is 46.2 Å². The van der Waals surface area contributed by atoms with Gasteiger partial charge in [-0.3, -0.25) is 0 Å². The Kier molecular flexibility index (Phi) is 5.29. The molecule has 68 valence electrons. The summed E-state index contributed by atoms with van der Waals surface area (Å²) in [5, 5.41) is 0.492. The fourth-order valence-corrected chi connectivity index (χ4v) is 1.49. The molecule has 3 nitrogen and oxygen atoms in total. The molecule has 1 N–H and O–H groups in total. The summed E-state index contributed by atoms with van der Waals surface area (Å²) in [6.45, 7) is 3.85. The van der Waals surface area contributed by atoms with Crippen molar-refractivity contribution in [2.75, 3.05) is 11.9 Å². The highest BCUT2D eigenvalue weighted by molar-refractivity contribution is 9.09. The van der Waals surface area contributed by atoms with Crippen molar-refractivity contribution in [2.45, 2.75) is 25.5 Å². The molecule has 0 spiro atoms. The van der Waals surface area contributed by atoms with Crippen LogP contribution in [0.15, 0.2) is 0 Å². The molecule has 0 unspecified atom stereocenters. The first-order chi connectivity index (χ1) is 5.00. The Morgan fingerprint density at radius 1 is 1.45 bits per heavy atom. The van der Waals surface area contributed by atoms with E-state index in [9.17, 15) is 8.42 Å². The number of hydrogen-bond donors (Lipinski definition) is 1. The van der Waals surface area contributed by atoms with Gasteiger partial charge in [0.25, 0.3) is 0 Å². The van der Waals surface area contributed by atoms with Crippen molar-refractivity contribution < 1.29 is 8.42 Å². The molecular weight excluding hydrogens is 230 g/mol. The first-order valence-corrected chi connectivity index (χ1v) is 6.22. The van der Waals surface area contributed by atoms with Gasteiger partial charge in [0.05, 0.1) is 5.25 Å². The smallest absolute Gasteiger partial charge is 0.213 e. The SMILES string of the molecule is CC(C)S(=O)(=O)NCCCBr. The van der Waals surface area contributed by atoms with Gasteiger partial charge in [-0.2, -0.15) is 0 Å². The van der Waals surface area contributed by atoms with Crippen LogP contribution in [0.3, 0.4) is 0 Å².